The minimum absolute atomic E-state index is 0.133. The molecule has 0 amide bonds. The van der Waals surface area contributed by atoms with Gasteiger partial charge in [-0.25, -0.2) is 17.5 Å². The molecule has 0 saturated carbocycles. The van der Waals surface area contributed by atoms with Crippen LogP contribution in [-0.2, 0) is 14.8 Å². The summed E-state index contributed by atoms with van der Waals surface area (Å²) >= 11 is 3.10. The predicted molar refractivity (Wildman–Crippen MR) is 81.1 cm³/mol. The number of ether oxygens (including phenoxy) is 1. The van der Waals surface area contributed by atoms with Gasteiger partial charge < -0.3 is 4.74 Å². The van der Waals surface area contributed by atoms with Crippen molar-refractivity contribution in [2.45, 2.75) is 17.9 Å². The van der Waals surface area contributed by atoms with Crippen LogP contribution in [0, 0.1) is 5.82 Å². The summed E-state index contributed by atoms with van der Waals surface area (Å²) in [7, 11) is -3.88. The Bertz CT molecular complexity index is 597. The molecule has 0 aliphatic carbocycles. The molecule has 0 spiro atoms. The number of likely N-dealkylation sites (N-methyl/N-ethyl adjacent to an activating group) is 1. The second-order valence-electron chi connectivity index (χ2n) is 4.81. The normalized spacial score (nSPS) is 20.6. The lowest BCUT2D eigenvalue weighted by molar-refractivity contribution is -0.0229. The fourth-order valence-corrected chi connectivity index (χ4v) is 3.62. The van der Waals surface area contributed by atoms with Gasteiger partial charge in [0, 0.05) is 24.1 Å². The van der Waals surface area contributed by atoms with Crippen LogP contribution in [0.4, 0.5) is 4.39 Å². The van der Waals surface area contributed by atoms with Gasteiger partial charge in [-0.2, -0.15) is 0 Å². The maximum Gasteiger partial charge on any atom is 0.243 e. The van der Waals surface area contributed by atoms with Crippen molar-refractivity contribution in [2.75, 3.05) is 32.8 Å². The quantitative estimate of drug-likeness (QED) is 0.842. The molecule has 1 N–H and O–H groups in total. The number of rotatable bonds is 5. The Morgan fingerprint density at radius 1 is 1.52 bits per heavy atom. The van der Waals surface area contributed by atoms with Gasteiger partial charge >= 0.3 is 0 Å². The van der Waals surface area contributed by atoms with Gasteiger partial charge in [0.2, 0.25) is 10.0 Å². The molecular weight excluding hydrogens is 363 g/mol. The monoisotopic (exact) mass is 380 g/mol. The van der Waals surface area contributed by atoms with Crippen LogP contribution in [0.5, 0.6) is 0 Å². The first-order chi connectivity index (χ1) is 9.92. The van der Waals surface area contributed by atoms with Crippen molar-refractivity contribution < 1.29 is 17.5 Å². The molecule has 1 aromatic carbocycles. The Kier molecular flexibility index (Phi) is 5.73. The number of morpholine rings is 1. The lowest BCUT2D eigenvalue weighted by atomic mass is 10.3. The second kappa shape index (κ2) is 7.15. The van der Waals surface area contributed by atoms with Gasteiger partial charge in [0.1, 0.15) is 10.7 Å². The van der Waals surface area contributed by atoms with E-state index < -0.39 is 15.8 Å². The number of halogens is 2. The molecule has 8 heteroatoms. The molecule has 1 saturated heterocycles. The number of sulfonamides is 1. The van der Waals surface area contributed by atoms with E-state index >= 15 is 0 Å². The molecule has 0 radical (unpaired) electrons. The largest absolute Gasteiger partial charge is 0.374 e. The number of nitrogens with zero attached hydrogens (tertiary/aromatic N) is 1. The molecule has 1 aromatic rings. The molecule has 1 fully saturated rings. The average molecular weight is 381 g/mol. The van der Waals surface area contributed by atoms with Gasteiger partial charge in [0.05, 0.1) is 12.7 Å². The van der Waals surface area contributed by atoms with E-state index in [1.54, 1.807) is 0 Å². The minimum atomic E-state index is -3.88. The van der Waals surface area contributed by atoms with Crippen molar-refractivity contribution in [3.8, 4) is 0 Å². The molecule has 0 aromatic heterocycles. The average Bonchev–Trinajstić information content (AvgIpc) is 2.45. The van der Waals surface area contributed by atoms with E-state index in [1.165, 1.54) is 12.1 Å². The van der Waals surface area contributed by atoms with Crippen molar-refractivity contribution in [3.05, 3.63) is 28.5 Å². The summed E-state index contributed by atoms with van der Waals surface area (Å²) in [6.07, 6.45) is -0.216. The zero-order valence-corrected chi connectivity index (χ0v) is 14.1. The third kappa shape index (κ3) is 4.46. The van der Waals surface area contributed by atoms with E-state index in [0.717, 1.165) is 19.2 Å². The summed E-state index contributed by atoms with van der Waals surface area (Å²) in [5.41, 5.74) is 0. The molecule has 1 aliphatic rings. The lowest BCUT2D eigenvalue weighted by Crippen LogP contribution is -2.47. The maximum atomic E-state index is 13.7. The van der Waals surface area contributed by atoms with Gasteiger partial charge in [0.25, 0.3) is 0 Å². The highest BCUT2D eigenvalue weighted by Gasteiger charge is 2.24. The fraction of sp³-hybridized carbons (Fsp3) is 0.538. The topological polar surface area (TPSA) is 58.6 Å². The molecule has 1 atom stereocenters. The highest BCUT2D eigenvalue weighted by atomic mass is 79.9. The Morgan fingerprint density at radius 2 is 2.29 bits per heavy atom. The van der Waals surface area contributed by atoms with Crippen LogP contribution in [0.25, 0.3) is 0 Å². The van der Waals surface area contributed by atoms with Crippen LogP contribution in [-0.4, -0.2) is 52.2 Å². The van der Waals surface area contributed by atoms with E-state index in [2.05, 4.69) is 25.6 Å². The smallest absolute Gasteiger partial charge is 0.243 e. The number of hydrogen-bond acceptors (Lipinski definition) is 4. The van der Waals surface area contributed by atoms with Crippen LogP contribution < -0.4 is 4.72 Å². The SMILES string of the molecule is CCN1CCOC(CNS(=O)(=O)c2ccc(Br)cc2F)C1. The van der Waals surface area contributed by atoms with Crippen molar-refractivity contribution in [1.82, 2.24) is 9.62 Å². The molecule has 5 nitrogen and oxygen atoms in total. The molecule has 1 unspecified atom stereocenters. The lowest BCUT2D eigenvalue weighted by Gasteiger charge is -2.32. The van der Waals surface area contributed by atoms with Gasteiger partial charge in [-0.1, -0.05) is 22.9 Å². The number of benzene rings is 1. The number of hydrogen-bond donors (Lipinski definition) is 1. The molecule has 1 aliphatic heterocycles. The summed E-state index contributed by atoms with van der Waals surface area (Å²) < 4.78 is 46.4. The minimum Gasteiger partial charge on any atom is -0.374 e. The maximum absolute atomic E-state index is 13.7. The van der Waals surface area contributed by atoms with Gasteiger partial charge in [-0.15, -0.1) is 0 Å². The second-order valence-corrected chi connectivity index (χ2v) is 7.46. The Balaban J connectivity index is 2.01. The summed E-state index contributed by atoms with van der Waals surface area (Å²) in [5, 5.41) is 0. The van der Waals surface area contributed by atoms with Crippen LogP contribution in [0.1, 0.15) is 6.92 Å². The summed E-state index contributed by atoms with van der Waals surface area (Å²) in [6.45, 7) is 5.17. The predicted octanol–water partition coefficient (Wildman–Crippen LogP) is 1.59. The van der Waals surface area contributed by atoms with Crippen molar-refractivity contribution in [2.24, 2.45) is 0 Å². The molecular formula is C13H18BrFN2O3S. The van der Waals surface area contributed by atoms with Gasteiger partial charge in [-0.05, 0) is 24.7 Å². The van der Waals surface area contributed by atoms with E-state index in [-0.39, 0.29) is 17.5 Å². The van der Waals surface area contributed by atoms with Gasteiger partial charge in [0.15, 0.2) is 0 Å². The van der Waals surface area contributed by atoms with E-state index in [1.807, 2.05) is 6.92 Å². The first kappa shape index (κ1) is 16.8. The van der Waals surface area contributed by atoms with E-state index in [4.69, 9.17) is 4.74 Å². The first-order valence-corrected chi connectivity index (χ1v) is 8.98. The van der Waals surface area contributed by atoms with Crippen molar-refractivity contribution in [1.29, 1.82) is 0 Å². The van der Waals surface area contributed by atoms with Crippen molar-refractivity contribution >= 4 is 26.0 Å². The summed E-state index contributed by atoms with van der Waals surface area (Å²) in [4.78, 5) is 1.83. The van der Waals surface area contributed by atoms with E-state index in [0.29, 0.717) is 17.6 Å². The van der Waals surface area contributed by atoms with Gasteiger partial charge in [-0.3, -0.25) is 4.90 Å². The molecule has 0 bridgehead atoms. The van der Waals surface area contributed by atoms with Crippen LogP contribution in [0.15, 0.2) is 27.6 Å². The van der Waals surface area contributed by atoms with Crippen LogP contribution >= 0.6 is 15.9 Å². The highest BCUT2D eigenvalue weighted by molar-refractivity contribution is 9.10. The molecule has 118 valence electrons. The van der Waals surface area contributed by atoms with Crippen LogP contribution in [0.2, 0.25) is 0 Å². The Morgan fingerprint density at radius 3 is 2.95 bits per heavy atom. The molecule has 2 rings (SSSR count). The number of nitrogens with one attached hydrogen (secondary N) is 1. The van der Waals surface area contributed by atoms with Crippen LogP contribution in [0.3, 0.4) is 0 Å². The highest BCUT2D eigenvalue weighted by Crippen LogP contribution is 2.19. The fourth-order valence-electron chi connectivity index (χ4n) is 2.16. The third-order valence-corrected chi connectivity index (χ3v) is 5.30. The molecule has 1 heterocycles. The standard InChI is InChI=1S/C13H18BrFN2O3S/c1-2-17-5-6-20-11(9-17)8-16-21(18,19)13-4-3-10(14)7-12(13)15/h3-4,7,11,16H,2,5-6,8-9H2,1H3. The third-order valence-electron chi connectivity index (χ3n) is 3.35. The summed E-state index contributed by atoms with van der Waals surface area (Å²) in [5.74, 6) is -0.781. The Labute approximate surface area is 132 Å². The molecule has 21 heavy (non-hydrogen) atoms. The summed E-state index contributed by atoms with van der Waals surface area (Å²) in [6, 6.07) is 3.86. The zero-order chi connectivity index (χ0) is 15.5. The first-order valence-electron chi connectivity index (χ1n) is 6.71. The van der Waals surface area contributed by atoms with Crippen molar-refractivity contribution in [3.63, 3.8) is 0 Å². The zero-order valence-electron chi connectivity index (χ0n) is 11.7. The van der Waals surface area contributed by atoms with E-state index in [9.17, 15) is 12.8 Å². The Hall–Kier alpha value is -0.540.